The van der Waals surface area contributed by atoms with Gasteiger partial charge in [-0.05, 0) is 51.3 Å². The minimum Gasteiger partial charge on any atom is -0.314 e. The van der Waals surface area contributed by atoms with E-state index in [2.05, 4.69) is 47.9 Å². The van der Waals surface area contributed by atoms with Crippen LogP contribution in [0.5, 0.6) is 0 Å². The van der Waals surface area contributed by atoms with Crippen LogP contribution in [0.15, 0.2) is 30.3 Å². The molecule has 0 bridgehead atoms. The fourth-order valence-corrected chi connectivity index (χ4v) is 2.58. The predicted octanol–water partition coefficient (Wildman–Crippen LogP) is 2.35. The Bertz CT molecular complexity index is 304. The van der Waals surface area contributed by atoms with Crippen LogP contribution in [0.3, 0.4) is 0 Å². The van der Waals surface area contributed by atoms with Gasteiger partial charge < -0.3 is 10.6 Å². The maximum atomic E-state index is 3.62. The van der Waals surface area contributed by atoms with Crippen molar-refractivity contribution in [2.75, 3.05) is 13.1 Å². The van der Waals surface area contributed by atoms with Gasteiger partial charge in [-0.2, -0.15) is 0 Å². The summed E-state index contributed by atoms with van der Waals surface area (Å²) in [6.45, 7) is 4.59. The number of benzene rings is 1. The van der Waals surface area contributed by atoms with Crippen LogP contribution in [0, 0.1) is 0 Å². The lowest BCUT2D eigenvalue weighted by atomic mass is 10.1. The molecule has 2 nitrogen and oxygen atoms in total. The molecule has 2 N–H and O–H groups in total. The molecule has 2 atom stereocenters. The van der Waals surface area contributed by atoms with Crippen LogP contribution >= 0.6 is 0 Å². The van der Waals surface area contributed by atoms with E-state index in [9.17, 15) is 0 Å². The molecule has 1 aliphatic heterocycles. The first-order valence-electron chi connectivity index (χ1n) is 6.85. The fourth-order valence-electron chi connectivity index (χ4n) is 2.58. The monoisotopic (exact) mass is 232 g/mol. The number of hydrogen-bond donors (Lipinski definition) is 2. The second-order valence-corrected chi connectivity index (χ2v) is 5.12. The average Bonchev–Trinajstić information content (AvgIpc) is 2.83. The van der Waals surface area contributed by atoms with Gasteiger partial charge in [-0.15, -0.1) is 0 Å². The van der Waals surface area contributed by atoms with E-state index in [-0.39, 0.29) is 0 Å². The molecule has 1 heterocycles. The second-order valence-electron chi connectivity index (χ2n) is 5.12. The first-order chi connectivity index (χ1) is 8.34. The largest absolute Gasteiger partial charge is 0.314 e. The molecule has 94 valence electrons. The lowest BCUT2D eigenvalue weighted by Gasteiger charge is -2.18. The minimum atomic E-state index is 0.620. The molecule has 0 saturated carbocycles. The summed E-state index contributed by atoms with van der Waals surface area (Å²) in [5, 5.41) is 7.17. The van der Waals surface area contributed by atoms with Gasteiger partial charge in [-0.3, -0.25) is 0 Å². The molecule has 0 aliphatic carbocycles. The van der Waals surface area contributed by atoms with Crippen molar-refractivity contribution in [2.45, 2.75) is 44.7 Å². The molecular formula is C15H24N2. The molecule has 1 aromatic rings. The molecule has 0 aromatic heterocycles. The van der Waals surface area contributed by atoms with Crippen LogP contribution in [0.2, 0.25) is 0 Å². The minimum absolute atomic E-state index is 0.620. The highest BCUT2D eigenvalue weighted by Crippen LogP contribution is 2.10. The van der Waals surface area contributed by atoms with Crippen LogP contribution in [0.25, 0.3) is 0 Å². The highest BCUT2D eigenvalue weighted by Gasteiger charge is 2.16. The van der Waals surface area contributed by atoms with Gasteiger partial charge in [0.05, 0.1) is 0 Å². The van der Waals surface area contributed by atoms with E-state index in [1.807, 2.05) is 0 Å². The van der Waals surface area contributed by atoms with Crippen LogP contribution < -0.4 is 10.6 Å². The topological polar surface area (TPSA) is 24.1 Å². The first-order valence-corrected chi connectivity index (χ1v) is 6.85. The maximum absolute atomic E-state index is 3.62. The molecule has 1 aromatic carbocycles. The highest BCUT2D eigenvalue weighted by molar-refractivity contribution is 5.14. The Morgan fingerprint density at radius 2 is 2.18 bits per heavy atom. The summed E-state index contributed by atoms with van der Waals surface area (Å²) in [5.41, 5.74) is 1.42. The summed E-state index contributed by atoms with van der Waals surface area (Å²) < 4.78 is 0. The molecule has 0 amide bonds. The highest BCUT2D eigenvalue weighted by atomic mass is 15.0. The molecule has 1 saturated heterocycles. The van der Waals surface area contributed by atoms with Crippen molar-refractivity contribution >= 4 is 0 Å². The van der Waals surface area contributed by atoms with E-state index in [0.717, 1.165) is 19.0 Å². The molecule has 0 radical (unpaired) electrons. The Morgan fingerprint density at radius 1 is 1.35 bits per heavy atom. The average molecular weight is 232 g/mol. The molecule has 0 spiro atoms. The van der Waals surface area contributed by atoms with Crippen molar-refractivity contribution in [1.29, 1.82) is 0 Å². The fraction of sp³-hybridized carbons (Fsp3) is 0.600. The molecular weight excluding hydrogens is 208 g/mol. The summed E-state index contributed by atoms with van der Waals surface area (Å²) in [6.07, 6.45) is 5.09. The number of rotatable bonds is 6. The summed E-state index contributed by atoms with van der Waals surface area (Å²) in [5.74, 6) is 0. The Labute approximate surface area is 105 Å². The van der Waals surface area contributed by atoms with Gasteiger partial charge in [-0.1, -0.05) is 30.3 Å². The van der Waals surface area contributed by atoms with Gasteiger partial charge in [0.25, 0.3) is 0 Å². The summed E-state index contributed by atoms with van der Waals surface area (Å²) >= 11 is 0. The predicted molar refractivity (Wildman–Crippen MR) is 73.3 cm³/mol. The van der Waals surface area contributed by atoms with Gasteiger partial charge >= 0.3 is 0 Å². The van der Waals surface area contributed by atoms with Crippen molar-refractivity contribution in [3.8, 4) is 0 Å². The molecule has 1 fully saturated rings. The first kappa shape index (κ1) is 12.6. The third-order valence-corrected chi connectivity index (χ3v) is 3.55. The summed E-state index contributed by atoms with van der Waals surface area (Å²) in [6, 6.07) is 12.1. The van der Waals surface area contributed by atoms with Crippen molar-refractivity contribution < 1.29 is 0 Å². The van der Waals surface area contributed by atoms with E-state index in [1.54, 1.807) is 0 Å². The van der Waals surface area contributed by atoms with Crippen LogP contribution in [0.4, 0.5) is 0 Å². The van der Waals surface area contributed by atoms with E-state index in [1.165, 1.54) is 31.4 Å². The summed E-state index contributed by atoms with van der Waals surface area (Å²) in [4.78, 5) is 0. The zero-order valence-electron chi connectivity index (χ0n) is 10.8. The Balaban J connectivity index is 1.61. The number of hydrogen-bond acceptors (Lipinski definition) is 2. The lowest BCUT2D eigenvalue weighted by Crippen LogP contribution is -2.34. The maximum Gasteiger partial charge on any atom is 0.00822 e. The van der Waals surface area contributed by atoms with E-state index >= 15 is 0 Å². The van der Waals surface area contributed by atoms with Gasteiger partial charge in [0, 0.05) is 12.1 Å². The second kappa shape index (κ2) is 6.77. The quantitative estimate of drug-likeness (QED) is 0.787. The van der Waals surface area contributed by atoms with Crippen molar-refractivity contribution in [3.63, 3.8) is 0 Å². The van der Waals surface area contributed by atoms with Crippen LogP contribution in [-0.4, -0.2) is 25.2 Å². The smallest absolute Gasteiger partial charge is 0.00822 e. The van der Waals surface area contributed by atoms with Gasteiger partial charge in [0.15, 0.2) is 0 Å². The van der Waals surface area contributed by atoms with Crippen molar-refractivity contribution in [2.24, 2.45) is 0 Å². The molecule has 1 aliphatic rings. The zero-order chi connectivity index (χ0) is 11.9. The Morgan fingerprint density at radius 3 is 2.88 bits per heavy atom. The van der Waals surface area contributed by atoms with Gasteiger partial charge in [-0.25, -0.2) is 0 Å². The Kier molecular flexibility index (Phi) is 5.02. The third-order valence-electron chi connectivity index (χ3n) is 3.55. The van der Waals surface area contributed by atoms with E-state index < -0.39 is 0 Å². The SMILES string of the molecule is CC(CC1CCCN1)NCCc1ccccc1. The van der Waals surface area contributed by atoms with Crippen molar-refractivity contribution in [1.82, 2.24) is 10.6 Å². The Hall–Kier alpha value is -0.860. The standard InChI is InChI=1S/C15H24N2/c1-13(12-15-8-5-10-17-15)16-11-9-14-6-3-2-4-7-14/h2-4,6-7,13,15-17H,5,8-12H2,1H3. The molecule has 2 rings (SSSR count). The molecule has 17 heavy (non-hydrogen) atoms. The molecule has 2 unspecified atom stereocenters. The normalized spacial score (nSPS) is 21.6. The zero-order valence-corrected chi connectivity index (χ0v) is 10.8. The van der Waals surface area contributed by atoms with Gasteiger partial charge in [0.1, 0.15) is 0 Å². The van der Waals surface area contributed by atoms with Crippen molar-refractivity contribution in [3.05, 3.63) is 35.9 Å². The van der Waals surface area contributed by atoms with E-state index in [4.69, 9.17) is 0 Å². The van der Waals surface area contributed by atoms with E-state index in [0.29, 0.717) is 6.04 Å². The number of nitrogens with one attached hydrogen (secondary N) is 2. The molecule has 2 heteroatoms. The third kappa shape index (κ3) is 4.49. The van der Waals surface area contributed by atoms with Crippen LogP contribution in [-0.2, 0) is 6.42 Å². The van der Waals surface area contributed by atoms with Crippen LogP contribution in [0.1, 0.15) is 31.7 Å². The lowest BCUT2D eigenvalue weighted by molar-refractivity contribution is 0.443. The summed E-state index contributed by atoms with van der Waals surface area (Å²) in [7, 11) is 0. The van der Waals surface area contributed by atoms with Gasteiger partial charge in [0.2, 0.25) is 0 Å².